The van der Waals surface area contributed by atoms with E-state index in [1.165, 1.54) is 0 Å². The standard InChI is InChI=1S/C8H19NO2/c1-7(10)4-5-9-6-8(2)11-3/h7-10H,4-6H2,1-3H3. The van der Waals surface area contributed by atoms with Gasteiger partial charge in [0, 0.05) is 13.7 Å². The van der Waals surface area contributed by atoms with Crippen LogP contribution in [-0.2, 0) is 4.74 Å². The van der Waals surface area contributed by atoms with Crippen LogP contribution in [0.1, 0.15) is 20.3 Å². The van der Waals surface area contributed by atoms with Gasteiger partial charge in [0.2, 0.25) is 0 Å². The van der Waals surface area contributed by atoms with Gasteiger partial charge in [0.15, 0.2) is 0 Å². The van der Waals surface area contributed by atoms with E-state index in [1.807, 2.05) is 6.92 Å². The molecule has 11 heavy (non-hydrogen) atoms. The molecule has 68 valence electrons. The van der Waals surface area contributed by atoms with Gasteiger partial charge in [-0.1, -0.05) is 0 Å². The Labute approximate surface area is 68.8 Å². The molecule has 0 spiro atoms. The fraction of sp³-hybridized carbons (Fsp3) is 1.00. The second-order valence-corrected chi connectivity index (χ2v) is 2.89. The molecule has 0 saturated carbocycles. The fourth-order valence-corrected chi connectivity index (χ4v) is 0.700. The number of hydrogen-bond acceptors (Lipinski definition) is 3. The van der Waals surface area contributed by atoms with Crippen LogP contribution in [0.4, 0.5) is 0 Å². The monoisotopic (exact) mass is 161 g/mol. The van der Waals surface area contributed by atoms with Crippen molar-refractivity contribution >= 4 is 0 Å². The SMILES string of the molecule is COC(C)CNCCC(C)O. The van der Waals surface area contributed by atoms with Crippen molar-refractivity contribution in [2.45, 2.75) is 32.5 Å². The Kier molecular flexibility index (Phi) is 6.51. The summed E-state index contributed by atoms with van der Waals surface area (Å²) in [6, 6.07) is 0. The highest BCUT2D eigenvalue weighted by molar-refractivity contribution is 4.56. The minimum atomic E-state index is -0.208. The topological polar surface area (TPSA) is 41.5 Å². The van der Waals surface area contributed by atoms with Crippen molar-refractivity contribution in [2.75, 3.05) is 20.2 Å². The maximum atomic E-state index is 8.90. The first-order valence-electron chi connectivity index (χ1n) is 4.08. The normalized spacial score (nSPS) is 16.4. The first-order valence-corrected chi connectivity index (χ1v) is 4.08. The van der Waals surface area contributed by atoms with Gasteiger partial charge in [0.25, 0.3) is 0 Å². The number of aliphatic hydroxyl groups is 1. The van der Waals surface area contributed by atoms with Gasteiger partial charge in [-0.3, -0.25) is 0 Å². The average Bonchev–Trinajstić information content (AvgIpc) is 1.97. The Morgan fingerprint density at radius 2 is 2.09 bits per heavy atom. The van der Waals surface area contributed by atoms with E-state index in [-0.39, 0.29) is 12.2 Å². The highest BCUT2D eigenvalue weighted by Gasteiger charge is 1.98. The number of rotatable bonds is 6. The molecule has 2 N–H and O–H groups in total. The smallest absolute Gasteiger partial charge is 0.0667 e. The van der Waals surface area contributed by atoms with Crippen LogP contribution in [0, 0.1) is 0 Å². The molecule has 3 heteroatoms. The minimum Gasteiger partial charge on any atom is -0.393 e. The van der Waals surface area contributed by atoms with E-state index in [4.69, 9.17) is 9.84 Å². The van der Waals surface area contributed by atoms with Crippen LogP contribution < -0.4 is 5.32 Å². The lowest BCUT2D eigenvalue weighted by Crippen LogP contribution is -2.28. The summed E-state index contributed by atoms with van der Waals surface area (Å²) in [5.41, 5.74) is 0. The summed E-state index contributed by atoms with van der Waals surface area (Å²) in [5, 5.41) is 12.1. The zero-order chi connectivity index (χ0) is 8.69. The molecule has 0 bridgehead atoms. The lowest BCUT2D eigenvalue weighted by atomic mass is 10.3. The van der Waals surface area contributed by atoms with Crippen LogP contribution in [-0.4, -0.2) is 37.5 Å². The molecule has 0 aromatic heterocycles. The van der Waals surface area contributed by atoms with Gasteiger partial charge in [-0.05, 0) is 26.8 Å². The molecule has 0 rings (SSSR count). The molecular weight excluding hydrogens is 142 g/mol. The van der Waals surface area contributed by atoms with E-state index >= 15 is 0 Å². The maximum Gasteiger partial charge on any atom is 0.0667 e. The van der Waals surface area contributed by atoms with Crippen molar-refractivity contribution in [2.24, 2.45) is 0 Å². The number of hydrogen-bond donors (Lipinski definition) is 2. The molecule has 0 aliphatic rings. The van der Waals surface area contributed by atoms with Crippen LogP contribution >= 0.6 is 0 Å². The zero-order valence-electron chi connectivity index (χ0n) is 7.63. The van der Waals surface area contributed by atoms with E-state index in [1.54, 1.807) is 14.0 Å². The summed E-state index contributed by atoms with van der Waals surface area (Å²) in [4.78, 5) is 0. The summed E-state index contributed by atoms with van der Waals surface area (Å²) < 4.78 is 5.03. The lowest BCUT2D eigenvalue weighted by molar-refractivity contribution is 0.115. The third kappa shape index (κ3) is 7.78. The maximum absolute atomic E-state index is 8.90. The van der Waals surface area contributed by atoms with Crippen molar-refractivity contribution in [1.29, 1.82) is 0 Å². The van der Waals surface area contributed by atoms with E-state index < -0.39 is 0 Å². The first-order chi connectivity index (χ1) is 5.16. The third-order valence-electron chi connectivity index (χ3n) is 1.57. The van der Waals surface area contributed by atoms with Gasteiger partial charge in [0.1, 0.15) is 0 Å². The average molecular weight is 161 g/mol. The quantitative estimate of drug-likeness (QED) is 0.553. The molecule has 0 aliphatic heterocycles. The molecule has 0 radical (unpaired) electrons. The van der Waals surface area contributed by atoms with Crippen LogP contribution in [0.5, 0.6) is 0 Å². The van der Waals surface area contributed by atoms with Gasteiger partial charge in [-0.15, -0.1) is 0 Å². The molecule has 0 aliphatic carbocycles. The Bertz CT molecular complexity index is 86.2. The molecule has 2 atom stereocenters. The second-order valence-electron chi connectivity index (χ2n) is 2.89. The zero-order valence-corrected chi connectivity index (χ0v) is 7.63. The number of ether oxygens (including phenoxy) is 1. The summed E-state index contributed by atoms with van der Waals surface area (Å²) in [5.74, 6) is 0. The van der Waals surface area contributed by atoms with E-state index in [2.05, 4.69) is 5.32 Å². The molecule has 3 nitrogen and oxygen atoms in total. The van der Waals surface area contributed by atoms with Crippen LogP contribution in [0.15, 0.2) is 0 Å². The molecule has 2 unspecified atom stereocenters. The largest absolute Gasteiger partial charge is 0.393 e. The molecule has 0 aromatic rings. The molecular formula is C8H19NO2. The summed E-state index contributed by atoms with van der Waals surface area (Å²) in [6.45, 7) is 5.51. The van der Waals surface area contributed by atoms with Crippen LogP contribution in [0.3, 0.4) is 0 Å². The van der Waals surface area contributed by atoms with Gasteiger partial charge >= 0.3 is 0 Å². The number of nitrogens with one attached hydrogen (secondary N) is 1. The fourth-order valence-electron chi connectivity index (χ4n) is 0.700. The Morgan fingerprint density at radius 1 is 1.45 bits per heavy atom. The van der Waals surface area contributed by atoms with E-state index in [0.717, 1.165) is 19.5 Å². The van der Waals surface area contributed by atoms with Gasteiger partial charge < -0.3 is 15.2 Å². The van der Waals surface area contributed by atoms with Crippen molar-refractivity contribution in [3.05, 3.63) is 0 Å². The second kappa shape index (κ2) is 6.58. The van der Waals surface area contributed by atoms with E-state index in [9.17, 15) is 0 Å². The van der Waals surface area contributed by atoms with Crippen molar-refractivity contribution in [1.82, 2.24) is 5.32 Å². The van der Waals surface area contributed by atoms with Crippen molar-refractivity contribution in [3.8, 4) is 0 Å². The van der Waals surface area contributed by atoms with Crippen LogP contribution in [0.2, 0.25) is 0 Å². The molecule has 0 amide bonds. The number of methoxy groups -OCH3 is 1. The minimum absolute atomic E-state index is 0.208. The van der Waals surface area contributed by atoms with Crippen molar-refractivity contribution < 1.29 is 9.84 Å². The third-order valence-corrected chi connectivity index (χ3v) is 1.57. The first kappa shape index (κ1) is 10.9. The highest BCUT2D eigenvalue weighted by Crippen LogP contribution is 1.87. The Balaban J connectivity index is 3.01. The van der Waals surface area contributed by atoms with Gasteiger partial charge in [-0.2, -0.15) is 0 Å². The van der Waals surface area contributed by atoms with Gasteiger partial charge in [0.05, 0.1) is 12.2 Å². The van der Waals surface area contributed by atoms with Crippen LogP contribution in [0.25, 0.3) is 0 Å². The summed E-state index contributed by atoms with van der Waals surface area (Å²) in [7, 11) is 1.70. The van der Waals surface area contributed by atoms with Crippen molar-refractivity contribution in [3.63, 3.8) is 0 Å². The predicted molar refractivity (Wildman–Crippen MR) is 45.6 cm³/mol. The summed E-state index contributed by atoms with van der Waals surface area (Å²) >= 11 is 0. The Hall–Kier alpha value is -0.120. The molecule has 0 aromatic carbocycles. The predicted octanol–water partition coefficient (Wildman–Crippen LogP) is 0.382. The Morgan fingerprint density at radius 3 is 2.55 bits per heavy atom. The molecule has 0 fully saturated rings. The van der Waals surface area contributed by atoms with Gasteiger partial charge in [-0.25, -0.2) is 0 Å². The molecule has 0 saturated heterocycles. The van der Waals surface area contributed by atoms with E-state index in [0.29, 0.717) is 0 Å². The highest BCUT2D eigenvalue weighted by atomic mass is 16.5. The summed E-state index contributed by atoms with van der Waals surface area (Å²) in [6.07, 6.45) is 0.848. The number of aliphatic hydroxyl groups excluding tert-OH is 1. The molecule has 0 heterocycles. The lowest BCUT2D eigenvalue weighted by Gasteiger charge is -2.10.